The molecule has 2 saturated carbocycles. The number of ether oxygens (including phenoxy) is 3. The molecule has 1 saturated heterocycles. The van der Waals surface area contributed by atoms with E-state index in [1.807, 2.05) is 12.2 Å². The van der Waals surface area contributed by atoms with Gasteiger partial charge < -0.3 is 19.5 Å². The van der Waals surface area contributed by atoms with Gasteiger partial charge in [0.15, 0.2) is 0 Å². The highest BCUT2D eigenvalue weighted by Crippen LogP contribution is 2.40. The average molecular weight is 524 g/mol. The highest BCUT2D eigenvalue weighted by Gasteiger charge is 2.39. The van der Waals surface area contributed by atoms with E-state index in [2.05, 4.69) is 34.9 Å². The number of allylic oxidation sites excluding steroid dienone is 2. The maximum absolute atomic E-state index is 11.6. The largest absolute Gasteiger partial charge is 0.469 e. The van der Waals surface area contributed by atoms with Crippen molar-refractivity contribution in [2.75, 3.05) is 34.4 Å². The van der Waals surface area contributed by atoms with E-state index in [4.69, 9.17) is 4.74 Å². The van der Waals surface area contributed by atoms with E-state index in [0.29, 0.717) is 0 Å². The van der Waals surface area contributed by atoms with Crippen LogP contribution >= 0.6 is 0 Å². The van der Waals surface area contributed by atoms with Crippen molar-refractivity contribution in [1.82, 2.24) is 5.32 Å². The maximum Gasteiger partial charge on any atom is 0.312 e. The van der Waals surface area contributed by atoms with E-state index in [0.717, 1.165) is 77.3 Å². The van der Waals surface area contributed by atoms with Gasteiger partial charge in [-0.2, -0.15) is 0 Å². The van der Waals surface area contributed by atoms with Crippen molar-refractivity contribution in [2.24, 2.45) is 17.3 Å². The Morgan fingerprint density at radius 3 is 1.62 bits per heavy atom. The number of carbonyl (C=O) groups is 3. The van der Waals surface area contributed by atoms with E-state index in [1.54, 1.807) is 0 Å². The van der Waals surface area contributed by atoms with Gasteiger partial charge in [-0.3, -0.25) is 14.4 Å². The second-order valence-corrected chi connectivity index (χ2v) is 9.93. The van der Waals surface area contributed by atoms with E-state index >= 15 is 0 Å². The molecule has 0 radical (unpaired) electrons. The van der Waals surface area contributed by atoms with Gasteiger partial charge in [0.1, 0.15) is 0 Å². The number of piperidine rings is 1. The molecule has 0 unspecified atom stereocenters. The summed E-state index contributed by atoms with van der Waals surface area (Å²) < 4.78 is 14.1. The smallest absolute Gasteiger partial charge is 0.312 e. The van der Waals surface area contributed by atoms with Gasteiger partial charge >= 0.3 is 17.9 Å². The number of esters is 3. The highest BCUT2D eigenvalue weighted by atomic mass is 16.5. The van der Waals surface area contributed by atoms with E-state index < -0.39 is 0 Å². The summed E-state index contributed by atoms with van der Waals surface area (Å²) in [5, 5.41) is 3.19. The summed E-state index contributed by atoms with van der Waals surface area (Å²) in [5.41, 5.74) is -0.241. The van der Waals surface area contributed by atoms with Crippen molar-refractivity contribution < 1.29 is 28.6 Å². The Balaban J connectivity index is 0.000000494. The van der Waals surface area contributed by atoms with Gasteiger partial charge in [-0.15, -0.1) is 13.2 Å². The molecule has 214 valence electrons. The first-order chi connectivity index (χ1) is 17.8. The lowest BCUT2D eigenvalue weighted by Crippen LogP contribution is -2.34. The van der Waals surface area contributed by atoms with Crippen LogP contribution < -0.4 is 5.32 Å². The number of methoxy groups -OCH3 is 3. The Hall–Kier alpha value is -2.15. The Kier molecular flexibility index (Phi) is 20.6. The summed E-state index contributed by atoms with van der Waals surface area (Å²) >= 11 is 0. The van der Waals surface area contributed by atoms with Gasteiger partial charge in [-0.25, -0.2) is 0 Å². The third kappa shape index (κ3) is 14.4. The van der Waals surface area contributed by atoms with Crippen LogP contribution in [0.1, 0.15) is 96.8 Å². The normalized spacial score (nSPS) is 19.0. The summed E-state index contributed by atoms with van der Waals surface area (Å²) in [4.78, 5) is 33.5. The summed E-state index contributed by atoms with van der Waals surface area (Å²) in [6.07, 6.45) is 18.6. The van der Waals surface area contributed by atoms with Crippen LogP contribution in [-0.2, 0) is 28.6 Å². The van der Waals surface area contributed by atoms with Crippen molar-refractivity contribution in [3.05, 3.63) is 25.3 Å². The van der Waals surface area contributed by atoms with Crippen molar-refractivity contribution in [3.8, 4) is 0 Å². The Bertz CT molecular complexity index is 614. The number of nitrogens with one attached hydrogen (secondary N) is 1. The second-order valence-electron chi connectivity index (χ2n) is 9.93. The van der Waals surface area contributed by atoms with Gasteiger partial charge in [-0.1, -0.05) is 57.6 Å². The first kappa shape index (κ1) is 34.9. The molecule has 0 bridgehead atoms. The monoisotopic (exact) mass is 523 g/mol. The molecule has 1 N–H and O–H groups in total. The first-order valence-corrected chi connectivity index (χ1v) is 14.0. The molecule has 0 aromatic carbocycles. The molecular formula is C30H53NO6. The summed E-state index contributed by atoms with van der Waals surface area (Å²) in [6, 6.07) is 0. The number of hydrogen-bond donors (Lipinski definition) is 1. The molecule has 0 atom stereocenters. The molecule has 0 spiro atoms. The Morgan fingerprint density at radius 1 is 0.757 bits per heavy atom. The van der Waals surface area contributed by atoms with Crippen molar-refractivity contribution in [3.63, 3.8) is 0 Å². The van der Waals surface area contributed by atoms with E-state index in [1.165, 1.54) is 47.0 Å². The zero-order chi connectivity index (χ0) is 27.9. The predicted octanol–water partition coefficient (Wildman–Crippen LogP) is 6.17. The molecule has 3 rings (SSSR count). The minimum absolute atomic E-state index is 0.0142. The lowest BCUT2D eigenvalue weighted by molar-refractivity contribution is -0.154. The molecule has 3 fully saturated rings. The van der Waals surface area contributed by atoms with Crippen LogP contribution in [0, 0.1) is 17.3 Å². The number of rotatable bonds is 6. The van der Waals surface area contributed by atoms with Crippen molar-refractivity contribution >= 4 is 17.9 Å². The molecule has 0 aromatic heterocycles. The third-order valence-corrected chi connectivity index (χ3v) is 7.27. The van der Waals surface area contributed by atoms with Crippen LogP contribution in [0.4, 0.5) is 0 Å². The van der Waals surface area contributed by atoms with E-state index in [-0.39, 0.29) is 35.2 Å². The summed E-state index contributed by atoms with van der Waals surface area (Å²) in [6.45, 7) is 11.1. The lowest BCUT2D eigenvalue weighted by Gasteiger charge is -2.33. The molecule has 3 aliphatic rings. The van der Waals surface area contributed by atoms with Gasteiger partial charge in [-0.05, 0) is 64.5 Å². The minimum Gasteiger partial charge on any atom is -0.469 e. The molecule has 0 aromatic rings. The maximum atomic E-state index is 11.6. The molecule has 1 aliphatic heterocycles. The Labute approximate surface area is 225 Å². The zero-order valence-corrected chi connectivity index (χ0v) is 24.0. The molecule has 37 heavy (non-hydrogen) atoms. The van der Waals surface area contributed by atoms with E-state index in [9.17, 15) is 14.4 Å². The fourth-order valence-electron chi connectivity index (χ4n) is 4.94. The zero-order valence-electron chi connectivity index (χ0n) is 24.0. The standard InChI is InChI=1S/C11H18O2.C8H14O2.C7H13NO2.C4H8/c1-3-7-11(10(12)13-2)8-5-4-6-9-11;1-10-8(9)7-5-3-2-4-6-7;1-10-7(9)6-2-4-8-5-3-6;1-3-4-2/h3H,1,4-9H2,2H3;7H,2-6H2,1H3;6,8H,2-5H2,1H3;3H,1,4H2,2H3. The molecule has 1 heterocycles. The molecular weight excluding hydrogens is 470 g/mol. The van der Waals surface area contributed by atoms with Crippen molar-refractivity contribution in [2.45, 2.75) is 96.8 Å². The fraction of sp³-hybridized carbons (Fsp3) is 0.767. The van der Waals surface area contributed by atoms with Gasteiger partial charge in [0.05, 0.1) is 38.6 Å². The van der Waals surface area contributed by atoms with Crippen LogP contribution in [0.25, 0.3) is 0 Å². The van der Waals surface area contributed by atoms with Crippen LogP contribution in [0.2, 0.25) is 0 Å². The number of carbonyl (C=O) groups excluding carboxylic acids is 3. The SMILES string of the molecule is C=CCC.C=CCC1(C(=O)OC)CCCCC1.COC(=O)C1CCCCC1.COC(=O)C1CCNCC1. The summed E-state index contributed by atoms with van der Waals surface area (Å²) in [7, 11) is 4.39. The molecule has 7 nitrogen and oxygen atoms in total. The lowest BCUT2D eigenvalue weighted by atomic mass is 9.72. The first-order valence-electron chi connectivity index (χ1n) is 14.0. The summed E-state index contributed by atoms with van der Waals surface area (Å²) in [5.74, 6) is 0.235. The van der Waals surface area contributed by atoms with Crippen LogP contribution in [0.5, 0.6) is 0 Å². The quantitative estimate of drug-likeness (QED) is 0.253. The minimum atomic E-state index is -0.241. The fourth-order valence-corrected chi connectivity index (χ4v) is 4.94. The average Bonchev–Trinajstić information content (AvgIpc) is 2.98. The van der Waals surface area contributed by atoms with Crippen LogP contribution in [0.3, 0.4) is 0 Å². The number of hydrogen-bond acceptors (Lipinski definition) is 7. The van der Waals surface area contributed by atoms with Crippen LogP contribution in [-0.4, -0.2) is 52.3 Å². The van der Waals surface area contributed by atoms with Gasteiger partial charge in [0.2, 0.25) is 0 Å². The van der Waals surface area contributed by atoms with Crippen LogP contribution in [0.15, 0.2) is 25.3 Å². The predicted molar refractivity (Wildman–Crippen MR) is 149 cm³/mol. The topological polar surface area (TPSA) is 90.9 Å². The second kappa shape index (κ2) is 21.9. The van der Waals surface area contributed by atoms with Crippen molar-refractivity contribution in [1.29, 1.82) is 0 Å². The van der Waals surface area contributed by atoms with Gasteiger partial charge in [0, 0.05) is 0 Å². The Morgan fingerprint density at radius 2 is 1.22 bits per heavy atom. The van der Waals surface area contributed by atoms with Gasteiger partial charge in [0.25, 0.3) is 0 Å². The molecule has 0 amide bonds. The molecule has 7 heteroatoms. The highest BCUT2D eigenvalue weighted by molar-refractivity contribution is 5.77. The molecule has 2 aliphatic carbocycles. The third-order valence-electron chi connectivity index (χ3n) is 7.27.